The summed E-state index contributed by atoms with van der Waals surface area (Å²) < 4.78 is 7.92. The van der Waals surface area contributed by atoms with Crippen LogP contribution in [-0.2, 0) is 17.7 Å². The molecule has 23 heavy (non-hydrogen) atoms. The Balaban J connectivity index is 1.63. The Bertz CT molecular complexity index is 662. The minimum Gasteiger partial charge on any atom is -0.381 e. The van der Waals surface area contributed by atoms with Crippen molar-refractivity contribution >= 4 is 11.2 Å². The molecule has 2 atom stereocenters. The fourth-order valence-corrected chi connectivity index (χ4v) is 3.95. The van der Waals surface area contributed by atoms with Crippen molar-refractivity contribution in [2.24, 2.45) is 5.92 Å². The minimum absolute atomic E-state index is 0.595. The molecule has 2 aliphatic rings. The van der Waals surface area contributed by atoms with Crippen LogP contribution < -0.4 is 0 Å². The summed E-state index contributed by atoms with van der Waals surface area (Å²) in [6.07, 6.45) is 7.99. The number of aromatic nitrogens is 3. The first kappa shape index (κ1) is 15.1. The predicted molar refractivity (Wildman–Crippen MR) is 90.4 cm³/mol. The van der Waals surface area contributed by atoms with E-state index in [-0.39, 0.29) is 0 Å². The third kappa shape index (κ3) is 3.12. The van der Waals surface area contributed by atoms with E-state index in [4.69, 9.17) is 9.72 Å². The lowest BCUT2D eigenvalue weighted by molar-refractivity contribution is 0.177. The summed E-state index contributed by atoms with van der Waals surface area (Å²) >= 11 is 0. The van der Waals surface area contributed by atoms with Crippen molar-refractivity contribution in [2.75, 3.05) is 26.8 Å². The zero-order valence-corrected chi connectivity index (χ0v) is 13.9. The highest BCUT2D eigenvalue weighted by atomic mass is 16.5. The summed E-state index contributed by atoms with van der Waals surface area (Å²) in [5.41, 5.74) is 2.06. The molecule has 0 aliphatic carbocycles. The highest BCUT2D eigenvalue weighted by molar-refractivity contribution is 5.71. The van der Waals surface area contributed by atoms with Crippen LogP contribution in [0.1, 0.15) is 31.5 Å². The Hall–Kier alpha value is -1.46. The van der Waals surface area contributed by atoms with Crippen molar-refractivity contribution in [2.45, 2.75) is 44.7 Å². The van der Waals surface area contributed by atoms with Crippen LogP contribution in [0, 0.1) is 5.92 Å². The van der Waals surface area contributed by atoms with E-state index in [1.807, 2.05) is 12.3 Å². The van der Waals surface area contributed by atoms with Crippen LogP contribution in [0.3, 0.4) is 0 Å². The van der Waals surface area contributed by atoms with Gasteiger partial charge in [0.25, 0.3) is 0 Å². The number of piperidine rings is 1. The van der Waals surface area contributed by atoms with Crippen molar-refractivity contribution in [1.82, 2.24) is 19.4 Å². The van der Waals surface area contributed by atoms with Crippen molar-refractivity contribution in [3.8, 4) is 0 Å². The van der Waals surface area contributed by atoms with E-state index in [2.05, 4.69) is 27.6 Å². The van der Waals surface area contributed by atoms with Gasteiger partial charge in [0, 0.05) is 37.7 Å². The van der Waals surface area contributed by atoms with Gasteiger partial charge in [-0.25, -0.2) is 9.97 Å². The van der Waals surface area contributed by atoms with E-state index in [1.165, 1.54) is 31.6 Å². The average molecular weight is 314 g/mol. The maximum atomic E-state index is 5.56. The largest absolute Gasteiger partial charge is 0.381 e. The number of hydrogen-bond acceptors (Lipinski definition) is 4. The van der Waals surface area contributed by atoms with Crippen LogP contribution in [0.25, 0.3) is 11.2 Å². The topological polar surface area (TPSA) is 43.2 Å². The average Bonchev–Trinajstić information content (AvgIpc) is 3.19. The van der Waals surface area contributed by atoms with E-state index < -0.39 is 0 Å². The molecule has 2 saturated heterocycles. The normalized spacial score (nSPS) is 26.1. The summed E-state index contributed by atoms with van der Waals surface area (Å²) in [6.45, 7) is 3.96. The molecule has 5 heteroatoms. The summed E-state index contributed by atoms with van der Waals surface area (Å²) in [4.78, 5) is 12.0. The van der Waals surface area contributed by atoms with Crippen molar-refractivity contribution in [1.29, 1.82) is 0 Å². The second kappa shape index (κ2) is 6.57. The van der Waals surface area contributed by atoms with Gasteiger partial charge in [-0.05, 0) is 45.0 Å². The summed E-state index contributed by atoms with van der Waals surface area (Å²) in [5, 5.41) is 0. The first-order valence-corrected chi connectivity index (χ1v) is 8.89. The number of fused-ring (bicyclic) bond motifs is 1. The number of imidazole rings is 1. The zero-order chi connectivity index (χ0) is 15.6. The highest BCUT2D eigenvalue weighted by Crippen LogP contribution is 2.24. The number of ether oxygens (including phenoxy) is 1. The van der Waals surface area contributed by atoms with E-state index in [9.17, 15) is 0 Å². The Labute approximate surface area is 137 Å². The van der Waals surface area contributed by atoms with Gasteiger partial charge in [-0.3, -0.25) is 0 Å². The molecule has 0 aromatic carbocycles. The van der Waals surface area contributed by atoms with Crippen molar-refractivity contribution < 1.29 is 4.74 Å². The van der Waals surface area contributed by atoms with Gasteiger partial charge in [-0.1, -0.05) is 6.42 Å². The smallest absolute Gasteiger partial charge is 0.159 e. The molecule has 124 valence electrons. The van der Waals surface area contributed by atoms with Crippen molar-refractivity contribution in [3.05, 3.63) is 24.2 Å². The van der Waals surface area contributed by atoms with Gasteiger partial charge in [0.1, 0.15) is 11.3 Å². The first-order chi connectivity index (χ1) is 11.3. The third-order valence-electron chi connectivity index (χ3n) is 5.39. The van der Waals surface area contributed by atoms with Crippen LogP contribution in [-0.4, -0.2) is 52.3 Å². The van der Waals surface area contributed by atoms with Crippen LogP contribution in [0.15, 0.2) is 18.3 Å². The molecule has 2 aromatic heterocycles. The maximum Gasteiger partial charge on any atom is 0.159 e. The van der Waals surface area contributed by atoms with E-state index in [0.717, 1.165) is 43.8 Å². The number of pyridine rings is 1. The number of nitrogens with zero attached hydrogens (tertiary/aromatic N) is 4. The molecule has 0 N–H and O–H groups in total. The molecular formula is C18H26N4O. The Morgan fingerprint density at radius 1 is 1.30 bits per heavy atom. The Morgan fingerprint density at radius 3 is 3.09 bits per heavy atom. The molecule has 0 saturated carbocycles. The minimum atomic E-state index is 0.595. The number of likely N-dealkylation sites (N-methyl/N-ethyl adjacent to an activating group) is 1. The fraction of sp³-hybridized carbons (Fsp3) is 0.667. The van der Waals surface area contributed by atoms with Crippen LogP contribution in [0.5, 0.6) is 0 Å². The van der Waals surface area contributed by atoms with Crippen molar-refractivity contribution in [3.63, 3.8) is 0 Å². The van der Waals surface area contributed by atoms with Gasteiger partial charge in [-0.15, -0.1) is 0 Å². The highest BCUT2D eigenvalue weighted by Gasteiger charge is 2.24. The second-order valence-electron chi connectivity index (χ2n) is 7.05. The quantitative estimate of drug-likeness (QED) is 0.869. The second-order valence-corrected chi connectivity index (χ2v) is 7.05. The lowest BCUT2D eigenvalue weighted by atomic mass is 9.99. The predicted octanol–water partition coefficient (Wildman–Crippen LogP) is 2.49. The molecule has 2 aromatic rings. The molecule has 4 heterocycles. The number of rotatable bonds is 4. The monoisotopic (exact) mass is 314 g/mol. The molecule has 4 rings (SSSR count). The van der Waals surface area contributed by atoms with Gasteiger partial charge < -0.3 is 14.2 Å². The van der Waals surface area contributed by atoms with Crippen LogP contribution in [0.2, 0.25) is 0 Å². The van der Waals surface area contributed by atoms with Crippen LogP contribution in [0.4, 0.5) is 0 Å². The Kier molecular flexibility index (Phi) is 4.31. The van der Waals surface area contributed by atoms with E-state index in [0.29, 0.717) is 12.0 Å². The van der Waals surface area contributed by atoms with Crippen LogP contribution >= 0.6 is 0 Å². The van der Waals surface area contributed by atoms with Gasteiger partial charge in [0.15, 0.2) is 5.65 Å². The zero-order valence-electron chi connectivity index (χ0n) is 13.9. The van der Waals surface area contributed by atoms with Gasteiger partial charge in [0.2, 0.25) is 0 Å². The standard InChI is InChI=1S/C18H26N4O/c1-21-9-3-2-5-15(21)11-17-20-16-6-4-8-19-18(16)22(17)12-14-7-10-23-13-14/h4,6,8,14-15H,2-3,5,7,9-13H2,1H3. The van der Waals surface area contributed by atoms with Gasteiger partial charge >= 0.3 is 0 Å². The molecule has 2 aliphatic heterocycles. The summed E-state index contributed by atoms with van der Waals surface area (Å²) in [5.74, 6) is 1.79. The molecular weight excluding hydrogens is 288 g/mol. The lowest BCUT2D eigenvalue weighted by Crippen LogP contribution is -2.38. The lowest BCUT2D eigenvalue weighted by Gasteiger charge is -2.32. The molecule has 0 spiro atoms. The fourth-order valence-electron chi connectivity index (χ4n) is 3.95. The Morgan fingerprint density at radius 2 is 2.26 bits per heavy atom. The molecule has 2 fully saturated rings. The molecule has 2 unspecified atom stereocenters. The molecule has 0 bridgehead atoms. The molecule has 0 radical (unpaired) electrons. The first-order valence-electron chi connectivity index (χ1n) is 8.89. The number of hydrogen-bond donors (Lipinski definition) is 0. The summed E-state index contributed by atoms with van der Waals surface area (Å²) in [7, 11) is 2.25. The van der Waals surface area contributed by atoms with E-state index in [1.54, 1.807) is 0 Å². The summed E-state index contributed by atoms with van der Waals surface area (Å²) in [6, 6.07) is 4.67. The maximum absolute atomic E-state index is 5.56. The van der Waals surface area contributed by atoms with Gasteiger partial charge in [0.05, 0.1) is 6.61 Å². The van der Waals surface area contributed by atoms with Gasteiger partial charge in [-0.2, -0.15) is 0 Å². The van der Waals surface area contributed by atoms with E-state index >= 15 is 0 Å². The third-order valence-corrected chi connectivity index (χ3v) is 5.39. The molecule has 0 amide bonds. The molecule has 5 nitrogen and oxygen atoms in total. The SMILES string of the molecule is CN1CCCCC1Cc1nc2cccnc2n1CC1CCOC1. The number of likely N-dealkylation sites (tertiary alicyclic amines) is 1.